The molecular formula is C11H12BrN3O2S. The highest BCUT2D eigenvalue weighted by molar-refractivity contribution is 9.10. The van der Waals surface area contributed by atoms with Crippen molar-refractivity contribution in [2.45, 2.75) is 18.4 Å². The molecule has 0 atom stereocenters. The molecule has 96 valence electrons. The third-order valence-electron chi connectivity index (χ3n) is 2.59. The van der Waals surface area contributed by atoms with Gasteiger partial charge in [-0.3, -0.25) is 4.68 Å². The minimum Gasteiger partial charge on any atom is -0.264 e. The summed E-state index contributed by atoms with van der Waals surface area (Å²) < 4.78 is 25.2. The largest absolute Gasteiger partial charge is 0.264 e. The first-order chi connectivity index (χ1) is 8.38. The van der Waals surface area contributed by atoms with Gasteiger partial charge in [-0.2, -0.15) is 5.10 Å². The molecule has 2 N–H and O–H groups in total. The van der Waals surface area contributed by atoms with Gasteiger partial charge in [0.25, 0.3) is 0 Å². The Kier molecular flexibility index (Phi) is 3.56. The number of nitrogens with zero attached hydrogens (tertiary/aromatic N) is 2. The van der Waals surface area contributed by atoms with Crippen LogP contribution in [0.2, 0.25) is 0 Å². The summed E-state index contributed by atoms with van der Waals surface area (Å²) in [5.74, 6) is 0. The molecule has 0 fully saturated rings. The molecule has 7 heteroatoms. The second-order valence-electron chi connectivity index (χ2n) is 3.93. The van der Waals surface area contributed by atoms with Crippen molar-refractivity contribution in [3.05, 3.63) is 46.2 Å². The van der Waals surface area contributed by atoms with Gasteiger partial charge in [-0.1, -0.05) is 28.1 Å². The van der Waals surface area contributed by atoms with Crippen molar-refractivity contribution < 1.29 is 8.42 Å². The van der Waals surface area contributed by atoms with Crippen LogP contribution in [-0.4, -0.2) is 18.2 Å². The number of primary sulfonamides is 1. The van der Waals surface area contributed by atoms with E-state index in [1.165, 1.54) is 6.20 Å². The van der Waals surface area contributed by atoms with Crippen LogP contribution < -0.4 is 5.14 Å². The summed E-state index contributed by atoms with van der Waals surface area (Å²) in [6.07, 6.45) is 1.28. The van der Waals surface area contributed by atoms with Crippen molar-refractivity contribution in [2.75, 3.05) is 0 Å². The number of benzene rings is 1. The van der Waals surface area contributed by atoms with E-state index in [1.54, 1.807) is 11.6 Å². The molecule has 18 heavy (non-hydrogen) atoms. The summed E-state index contributed by atoms with van der Waals surface area (Å²) in [6.45, 7) is 2.19. The van der Waals surface area contributed by atoms with E-state index in [9.17, 15) is 8.42 Å². The molecule has 0 aliphatic heterocycles. The first kappa shape index (κ1) is 13.3. The zero-order chi connectivity index (χ0) is 13.3. The summed E-state index contributed by atoms with van der Waals surface area (Å²) in [4.78, 5) is 0.0671. The van der Waals surface area contributed by atoms with Gasteiger partial charge in [0.05, 0.1) is 18.4 Å². The molecule has 0 spiro atoms. The molecule has 0 saturated heterocycles. The zero-order valence-corrected chi connectivity index (χ0v) is 12.1. The van der Waals surface area contributed by atoms with Crippen molar-refractivity contribution in [3.8, 4) is 0 Å². The first-order valence-corrected chi connectivity index (χ1v) is 7.51. The standard InChI is InChI=1S/C11H12BrN3O2S/c1-8-11(18(13,16)17)6-14-15(8)7-9-3-2-4-10(12)5-9/h2-6H,7H2,1H3,(H2,13,16,17). The Morgan fingerprint density at radius 3 is 2.72 bits per heavy atom. The van der Waals surface area contributed by atoms with Gasteiger partial charge < -0.3 is 0 Å². The maximum absolute atomic E-state index is 11.3. The summed E-state index contributed by atoms with van der Waals surface area (Å²) >= 11 is 3.39. The molecule has 5 nitrogen and oxygen atoms in total. The van der Waals surface area contributed by atoms with Crippen molar-refractivity contribution >= 4 is 26.0 Å². The number of halogens is 1. The lowest BCUT2D eigenvalue weighted by Crippen LogP contribution is -2.13. The highest BCUT2D eigenvalue weighted by Gasteiger charge is 2.16. The Bertz CT molecular complexity index is 679. The van der Waals surface area contributed by atoms with Crippen LogP contribution in [0, 0.1) is 6.92 Å². The number of rotatable bonds is 3. The van der Waals surface area contributed by atoms with Gasteiger partial charge in [-0.05, 0) is 24.6 Å². The van der Waals surface area contributed by atoms with E-state index in [2.05, 4.69) is 21.0 Å². The van der Waals surface area contributed by atoms with Crippen molar-refractivity contribution in [1.82, 2.24) is 9.78 Å². The maximum Gasteiger partial charge on any atom is 0.241 e. The Hall–Kier alpha value is -1.18. The van der Waals surface area contributed by atoms with Gasteiger partial charge in [0, 0.05) is 4.47 Å². The summed E-state index contributed by atoms with van der Waals surface area (Å²) in [5, 5.41) is 9.15. The second-order valence-corrected chi connectivity index (χ2v) is 6.37. The number of nitrogens with two attached hydrogens (primary N) is 1. The van der Waals surface area contributed by atoms with Crippen molar-refractivity contribution in [2.24, 2.45) is 5.14 Å². The number of sulfonamides is 1. The van der Waals surface area contributed by atoms with Gasteiger partial charge in [-0.25, -0.2) is 13.6 Å². The number of aromatic nitrogens is 2. The van der Waals surface area contributed by atoms with Crippen LogP contribution in [0.5, 0.6) is 0 Å². The summed E-state index contributed by atoms with van der Waals surface area (Å²) in [6, 6.07) is 7.74. The molecule has 0 unspecified atom stereocenters. The van der Waals surface area contributed by atoms with Gasteiger partial charge in [0.2, 0.25) is 10.0 Å². The van der Waals surface area contributed by atoms with E-state index in [0.717, 1.165) is 10.0 Å². The molecule has 2 rings (SSSR count). The fourth-order valence-corrected chi connectivity index (χ4v) is 2.83. The Morgan fingerprint density at radius 1 is 1.44 bits per heavy atom. The lowest BCUT2D eigenvalue weighted by atomic mass is 10.2. The van der Waals surface area contributed by atoms with E-state index in [-0.39, 0.29) is 4.90 Å². The molecule has 1 aromatic heterocycles. The molecule has 1 heterocycles. The first-order valence-electron chi connectivity index (χ1n) is 5.17. The van der Waals surface area contributed by atoms with E-state index >= 15 is 0 Å². The average Bonchev–Trinajstić information content (AvgIpc) is 2.60. The average molecular weight is 330 g/mol. The number of hydrogen-bond acceptors (Lipinski definition) is 3. The summed E-state index contributed by atoms with van der Waals surface area (Å²) in [5.41, 5.74) is 1.56. The molecule has 0 aliphatic carbocycles. The molecule has 0 aliphatic rings. The van der Waals surface area contributed by atoms with E-state index < -0.39 is 10.0 Å². The monoisotopic (exact) mass is 329 g/mol. The Labute approximate surface area is 114 Å². The molecule has 2 aromatic rings. The lowest BCUT2D eigenvalue weighted by molar-refractivity contribution is 0.596. The normalized spacial score (nSPS) is 11.7. The zero-order valence-electron chi connectivity index (χ0n) is 9.67. The van der Waals surface area contributed by atoms with Crippen LogP contribution in [0.25, 0.3) is 0 Å². The van der Waals surface area contributed by atoms with Crippen LogP contribution in [0.3, 0.4) is 0 Å². The third-order valence-corrected chi connectivity index (χ3v) is 4.09. The van der Waals surface area contributed by atoms with Gasteiger partial charge in [0.15, 0.2) is 0 Å². The minimum atomic E-state index is -3.71. The van der Waals surface area contributed by atoms with Crippen LogP contribution in [0.15, 0.2) is 39.8 Å². The van der Waals surface area contributed by atoms with Crippen LogP contribution >= 0.6 is 15.9 Å². The second kappa shape index (κ2) is 4.83. The smallest absolute Gasteiger partial charge is 0.241 e. The third kappa shape index (κ3) is 2.80. The predicted molar refractivity (Wildman–Crippen MR) is 71.6 cm³/mol. The van der Waals surface area contributed by atoms with Gasteiger partial charge in [0.1, 0.15) is 4.90 Å². The Balaban J connectivity index is 2.34. The maximum atomic E-state index is 11.3. The summed E-state index contributed by atoms with van der Waals surface area (Å²) in [7, 11) is -3.71. The van der Waals surface area contributed by atoms with Crippen LogP contribution in [0.1, 0.15) is 11.3 Å². The fraction of sp³-hybridized carbons (Fsp3) is 0.182. The Morgan fingerprint density at radius 2 is 2.17 bits per heavy atom. The highest BCUT2D eigenvalue weighted by Crippen LogP contribution is 2.16. The topological polar surface area (TPSA) is 78.0 Å². The van der Waals surface area contributed by atoms with Gasteiger partial charge >= 0.3 is 0 Å². The van der Waals surface area contributed by atoms with Crippen molar-refractivity contribution in [3.63, 3.8) is 0 Å². The highest BCUT2D eigenvalue weighted by atomic mass is 79.9. The fourth-order valence-electron chi connectivity index (χ4n) is 1.68. The minimum absolute atomic E-state index is 0.0671. The molecule has 1 aromatic carbocycles. The molecule has 0 amide bonds. The van der Waals surface area contributed by atoms with Crippen molar-refractivity contribution in [1.29, 1.82) is 0 Å². The van der Waals surface area contributed by atoms with E-state index in [1.807, 2.05) is 24.3 Å². The van der Waals surface area contributed by atoms with E-state index in [4.69, 9.17) is 5.14 Å². The predicted octanol–water partition coefficient (Wildman–Crippen LogP) is 1.65. The molecule has 0 radical (unpaired) electrons. The molecule has 0 saturated carbocycles. The molecule has 0 bridgehead atoms. The van der Waals surface area contributed by atoms with Gasteiger partial charge in [-0.15, -0.1) is 0 Å². The van der Waals surface area contributed by atoms with Crippen LogP contribution in [0.4, 0.5) is 0 Å². The van der Waals surface area contributed by atoms with E-state index in [0.29, 0.717) is 12.2 Å². The lowest BCUT2D eigenvalue weighted by Gasteiger charge is -2.05. The SMILES string of the molecule is Cc1c(S(N)(=O)=O)cnn1Cc1cccc(Br)c1. The quantitative estimate of drug-likeness (QED) is 0.929. The van der Waals surface area contributed by atoms with Crippen LogP contribution in [-0.2, 0) is 16.6 Å². The number of hydrogen-bond donors (Lipinski definition) is 1. The molecular weight excluding hydrogens is 318 g/mol.